The SMILES string of the molecule is CN(CC1CNCCO1)c1cnn(C)c(=O)c1Cl. The van der Waals surface area contributed by atoms with Gasteiger partial charge in [-0.3, -0.25) is 4.79 Å². The van der Waals surface area contributed by atoms with E-state index in [1.807, 2.05) is 11.9 Å². The second-order valence-corrected chi connectivity index (χ2v) is 4.73. The zero-order valence-electron chi connectivity index (χ0n) is 10.5. The summed E-state index contributed by atoms with van der Waals surface area (Å²) in [5.41, 5.74) is 0.345. The number of ether oxygens (including phenoxy) is 1. The summed E-state index contributed by atoms with van der Waals surface area (Å²) < 4.78 is 6.83. The average Bonchev–Trinajstić information content (AvgIpc) is 2.37. The van der Waals surface area contributed by atoms with E-state index in [9.17, 15) is 4.79 Å². The molecule has 0 radical (unpaired) electrons. The van der Waals surface area contributed by atoms with Crippen LogP contribution in [0.1, 0.15) is 0 Å². The Morgan fingerprint density at radius 3 is 3.17 bits per heavy atom. The van der Waals surface area contributed by atoms with Crippen LogP contribution in [0.4, 0.5) is 5.69 Å². The van der Waals surface area contributed by atoms with Crippen LogP contribution in [0.2, 0.25) is 5.02 Å². The third-order valence-electron chi connectivity index (χ3n) is 2.95. The molecule has 1 atom stereocenters. The highest BCUT2D eigenvalue weighted by atomic mass is 35.5. The topological polar surface area (TPSA) is 59.4 Å². The van der Waals surface area contributed by atoms with E-state index in [2.05, 4.69) is 10.4 Å². The maximum atomic E-state index is 11.7. The van der Waals surface area contributed by atoms with Crippen molar-refractivity contribution in [1.82, 2.24) is 15.1 Å². The Kier molecular flexibility index (Phi) is 4.21. The molecular weight excluding hydrogens is 256 g/mol. The molecule has 1 fully saturated rings. The molecule has 2 rings (SSSR count). The molecule has 2 heterocycles. The van der Waals surface area contributed by atoms with Crippen LogP contribution < -0.4 is 15.8 Å². The van der Waals surface area contributed by atoms with Crippen molar-refractivity contribution in [2.45, 2.75) is 6.10 Å². The predicted molar refractivity (Wildman–Crippen MR) is 70.4 cm³/mol. The highest BCUT2D eigenvalue weighted by Gasteiger charge is 2.18. The molecule has 0 saturated carbocycles. The van der Waals surface area contributed by atoms with Crippen molar-refractivity contribution in [3.05, 3.63) is 21.6 Å². The van der Waals surface area contributed by atoms with Gasteiger partial charge < -0.3 is 15.0 Å². The monoisotopic (exact) mass is 272 g/mol. The summed E-state index contributed by atoms with van der Waals surface area (Å²) in [6.07, 6.45) is 1.70. The van der Waals surface area contributed by atoms with Crippen LogP contribution in [-0.2, 0) is 11.8 Å². The summed E-state index contributed by atoms with van der Waals surface area (Å²) in [7, 11) is 3.45. The zero-order valence-corrected chi connectivity index (χ0v) is 11.3. The number of aromatic nitrogens is 2. The van der Waals surface area contributed by atoms with E-state index in [4.69, 9.17) is 16.3 Å². The maximum Gasteiger partial charge on any atom is 0.287 e. The fraction of sp³-hybridized carbons (Fsp3) is 0.636. The molecule has 18 heavy (non-hydrogen) atoms. The normalized spacial score (nSPS) is 19.8. The first-order chi connectivity index (χ1) is 8.59. The molecule has 1 aliphatic rings. The summed E-state index contributed by atoms with van der Waals surface area (Å²) >= 11 is 6.04. The van der Waals surface area contributed by atoms with Gasteiger partial charge in [0.2, 0.25) is 0 Å². The van der Waals surface area contributed by atoms with Crippen LogP contribution in [0.3, 0.4) is 0 Å². The lowest BCUT2D eigenvalue weighted by Crippen LogP contribution is -2.44. The highest BCUT2D eigenvalue weighted by Crippen LogP contribution is 2.19. The van der Waals surface area contributed by atoms with Gasteiger partial charge in [-0.2, -0.15) is 5.10 Å². The van der Waals surface area contributed by atoms with Gasteiger partial charge in [-0.1, -0.05) is 11.6 Å². The molecule has 1 saturated heterocycles. The van der Waals surface area contributed by atoms with Gasteiger partial charge >= 0.3 is 0 Å². The van der Waals surface area contributed by atoms with Crippen LogP contribution in [0.15, 0.2) is 11.0 Å². The summed E-state index contributed by atoms with van der Waals surface area (Å²) in [5.74, 6) is 0. The number of halogens is 1. The predicted octanol–water partition coefficient (Wildman–Crippen LogP) is -0.142. The molecule has 0 bridgehead atoms. The number of hydrogen-bond acceptors (Lipinski definition) is 5. The van der Waals surface area contributed by atoms with Gasteiger partial charge in [0.25, 0.3) is 5.56 Å². The molecule has 1 unspecified atom stereocenters. The summed E-state index contributed by atoms with van der Waals surface area (Å²) in [6.45, 7) is 3.07. The van der Waals surface area contributed by atoms with E-state index in [1.54, 1.807) is 13.2 Å². The van der Waals surface area contributed by atoms with E-state index in [0.717, 1.165) is 13.1 Å². The Morgan fingerprint density at radius 1 is 1.72 bits per heavy atom. The summed E-state index contributed by atoms with van der Waals surface area (Å²) in [4.78, 5) is 13.6. The molecule has 100 valence electrons. The van der Waals surface area contributed by atoms with E-state index in [-0.39, 0.29) is 16.7 Å². The standard InChI is InChI=1S/C11H17ClN4O2/c1-15(7-8-5-13-3-4-18-8)9-6-14-16(2)11(17)10(9)12/h6,8,13H,3-5,7H2,1-2H3. The number of nitrogens with zero attached hydrogens (tertiary/aromatic N) is 3. The third kappa shape index (κ3) is 2.82. The van der Waals surface area contributed by atoms with Gasteiger partial charge in [0, 0.05) is 33.7 Å². The number of anilines is 1. The van der Waals surface area contributed by atoms with Crippen molar-refractivity contribution in [2.75, 3.05) is 38.2 Å². The second-order valence-electron chi connectivity index (χ2n) is 4.35. The van der Waals surface area contributed by atoms with Crippen LogP contribution >= 0.6 is 11.6 Å². The van der Waals surface area contributed by atoms with Crippen LogP contribution in [0, 0.1) is 0 Å². The zero-order chi connectivity index (χ0) is 13.1. The molecule has 1 N–H and O–H groups in total. The summed E-state index contributed by atoms with van der Waals surface area (Å²) in [5, 5.41) is 7.43. The van der Waals surface area contributed by atoms with Crippen molar-refractivity contribution in [3.8, 4) is 0 Å². The Hall–Kier alpha value is -1.11. The number of likely N-dealkylation sites (N-methyl/N-ethyl adjacent to an activating group) is 1. The molecule has 0 spiro atoms. The number of morpholine rings is 1. The fourth-order valence-electron chi connectivity index (χ4n) is 1.91. The fourth-order valence-corrected chi connectivity index (χ4v) is 2.22. The smallest absolute Gasteiger partial charge is 0.287 e. The van der Waals surface area contributed by atoms with Crippen molar-refractivity contribution >= 4 is 17.3 Å². The van der Waals surface area contributed by atoms with E-state index < -0.39 is 0 Å². The molecule has 1 aromatic heterocycles. The molecule has 0 amide bonds. The van der Waals surface area contributed by atoms with Gasteiger partial charge in [-0.25, -0.2) is 4.68 Å². The molecule has 1 aliphatic heterocycles. The molecule has 1 aromatic rings. The molecule has 0 aromatic carbocycles. The van der Waals surface area contributed by atoms with E-state index in [1.165, 1.54) is 4.68 Å². The van der Waals surface area contributed by atoms with Gasteiger partial charge in [-0.05, 0) is 0 Å². The molecule has 0 aliphatic carbocycles. The van der Waals surface area contributed by atoms with Crippen molar-refractivity contribution in [1.29, 1.82) is 0 Å². The number of nitrogens with one attached hydrogen (secondary N) is 1. The first-order valence-electron chi connectivity index (χ1n) is 5.85. The Bertz CT molecular complexity index is 471. The maximum absolute atomic E-state index is 11.7. The lowest BCUT2D eigenvalue weighted by Gasteiger charge is -2.29. The molecule has 6 nitrogen and oxygen atoms in total. The Morgan fingerprint density at radius 2 is 2.50 bits per heavy atom. The lowest BCUT2D eigenvalue weighted by atomic mass is 10.2. The van der Waals surface area contributed by atoms with Crippen LogP contribution in [-0.4, -0.2) is 49.2 Å². The van der Waals surface area contributed by atoms with Crippen molar-refractivity contribution in [3.63, 3.8) is 0 Å². The second kappa shape index (κ2) is 5.69. The number of rotatable bonds is 3. The molecular formula is C11H17ClN4O2. The Balaban J connectivity index is 2.11. The van der Waals surface area contributed by atoms with Gasteiger partial charge in [0.05, 0.1) is 24.6 Å². The quantitative estimate of drug-likeness (QED) is 0.830. The van der Waals surface area contributed by atoms with E-state index >= 15 is 0 Å². The average molecular weight is 273 g/mol. The van der Waals surface area contributed by atoms with Gasteiger partial charge in [-0.15, -0.1) is 0 Å². The highest BCUT2D eigenvalue weighted by molar-refractivity contribution is 6.33. The lowest BCUT2D eigenvalue weighted by molar-refractivity contribution is 0.0340. The van der Waals surface area contributed by atoms with Crippen molar-refractivity contribution < 1.29 is 4.74 Å². The largest absolute Gasteiger partial charge is 0.374 e. The van der Waals surface area contributed by atoms with Gasteiger partial charge in [0.15, 0.2) is 0 Å². The molecule has 7 heteroatoms. The van der Waals surface area contributed by atoms with E-state index in [0.29, 0.717) is 18.8 Å². The third-order valence-corrected chi connectivity index (χ3v) is 3.31. The van der Waals surface area contributed by atoms with Crippen LogP contribution in [0.5, 0.6) is 0 Å². The minimum absolute atomic E-state index is 0.101. The number of hydrogen-bond donors (Lipinski definition) is 1. The number of aryl methyl sites for hydroxylation is 1. The first-order valence-corrected chi connectivity index (χ1v) is 6.22. The van der Waals surface area contributed by atoms with Gasteiger partial charge in [0.1, 0.15) is 5.02 Å². The summed E-state index contributed by atoms with van der Waals surface area (Å²) in [6, 6.07) is 0. The first kappa shape index (κ1) is 13.3. The minimum Gasteiger partial charge on any atom is -0.374 e. The van der Waals surface area contributed by atoms with Crippen molar-refractivity contribution in [2.24, 2.45) is 7.05 Å². The Labute approximate surface area is 110 Å². The van der Waals surface area contributed by atoms with Crippen LogP contribution in [0.25, 0.3) is 0 Å². The minimum atomic E-state index is -0.288.